The van der Waals surface area contributed by atoms with E-state index in [1.54, 1.807) is 13.2 Å². The molecule has 0 aliphatic carbocycles. The average molecular weight is 294 g/mol. The van der Waals surface area contributed by atoms with E-state index in [2.05, 4.69) is 22.2 Å². The number of nitrogens with zero attached hydrogens (tertiary/aromatic N) is 3. The molecule has 0 saturated carbocycles. The molecule has 0 atom stereocenters. The highest BCUT2D eigenvalue weighted by Crippen LogP contribution is 2.10. The molecule has 1 heterocycles. The molecule has 0 saturated heterocycles. The Morgan fingerprint density at radius 1 is 1.38 bits per heavy atom. The maximum absolute atomic E-state index is 12.1. The number of carbonyl (C=O) groups excluding carboxylic acids is 1. The molecule has 6 nitrogen and oxygen atoms in total. The van der Waals surface area contributed by atoms with E-state index in [0.29, 0.717) is 24.8 Å². The lowest BCUT2D eigenvalue weighted by molar-refractivity contribution is 0.0943. The van der Waals surface area contributed by atoms with Crippen molar-refractivity contribution in [3.05, 3.63) is 17.5 Å². The van der Waals surface area contributed by atoms with Gasteiger partial charge in [-0.15, -0.1) is 0 Å². The number of hydrogen-bond donors (Lipinski definition) is 1. The van der Waals surface area contributed by atoms with Crippen LogP contribution >= 0.6 is 0 Å². The number of carbonyl (C=O) groups is 1. The van der Waals surface area contributed by atoms with Crippen LogP contribution in [0.3, 0.4) is 0 Å². The van der Waals surface area contributed by atoms with Crippen LogP contribution in [0.5, 0.6) is 0 Å². The van der Waals surface area contributed by atoms with Gasteiger partial charge in [-0.05, 0) is 25.8 Å². The first-order valence-corrected chi connectivity index (χ1v) is 7.42. The third-order valence-corrected chi connectivity index (χ3v) is 3.07. The van der Waals surface area contributed by atoms with Gasteiger partial charge in [-0.1, -0.05) is 13.3 Å². The Morgan fingerprint density at radius 3 is 2.81 bits per heavy atom. The van der Waals surface area contributed by atoms with Crippen LogP contribution in [0, 0.1) is 6.92 Å². The Kier molecular flexibility index (Phi) is 7.68. The van der Waals surface area contributed by atoms with Crippen LogP contribution in [0.2, 0.25) is 0 Å². The molecule has 21 heavy (non-hydrogen) atoms. The minimum Gasteiger partial charge on any atom is -0.385 e. The fourth-order valence-electron chi connectivity index (χ4n) is 1.84. The Bertz CT molecular complexity index is 451. The van der Waals surface area contributed by atoms with Gasteiger partial charge < -0.3 is 15.0 Å². The number of methoxy groups -OCH3 is 1. The second-order valence-electron chi connectivity index (χ2n) is 5.07. The van der Waals surface area contributed by atoms with E-state index in [1.165, 1.54) is 0 Å². The Morgan fingerprint density at radius 2 is 2.14 bits per heavy atom. The standard InChI is InChI=1S/C15H26N4O2/c1-5-6-9-19(3)15-17-12(2)11-13(18-15)14(20)16-8-7-10-21-4/h11H,5-10H2,1-4H3,(H,16,20). The lowest BCUT2D eigenvalue weighted by Crippen LogP contribution is -2.28. The van der Waals surface area contributed by atoms with Crippen molar-refractivity contribution in [1.29, 1.82) is 0 Å². The summed E-state index contributed by atoms with van der Waals surface area (Å²) in [5.74, 6) is 0.437. The smallest absolute Gasteiger partial charge is 0.270 e. The summed E-state index contributed by atoms with van der Waals surface area (Å²) in [4.78, 5) is 22.8. The molecule has 1 aromatic heterocycles. The third kappa shape index (κ3) is 6.08. The first kappa shape index (κ1) is 17.4. The molecule has 0 radical (unpaired) electrons. The summed E-state index contributed by atoms with van der Waals surface area (Å²) in [5, 5.41) is 2.84. The average Bonchev–Trinajstić information content (AvgIpc) is 2.48. The number of anilines is 1. The van der Waals surface area contributed by atoms with Gasteiger partial charge >= 0.3 is 0 Å². The summed E-state index contributed by atoms with van der Waals surface area (Å²) in [5.41, 5.74) is 1.21. The molecule has 0 aromatic carbocycles. The van der Waals surface area contributed by atoms with E-state index in [4.69, 9.17) is 4.74 Å². The maximum atomic E-state index is 12.1. The number of unbranched alkanes of at least 4 members (excludes halogenated alkanes) is 1. The van der Waals surface area contributed by atoms with Crippen LogP contribution in [0.25, 0.3) is 0 Å². The monoisotopic (exact) mass is 294 g/mol. The highest BCUT2D eigenvalue weighted by molar-refractivity contribution is 5.92. The normalized spacial score (nSPS) is 10.5. The van der Waals surface area contributed by atoms with Crippen molar-refractivity contribution in [3.8, 4) is 0 Å². The van der Waals surface area contributed by atoms with Gasteiger partial charge in [0.25, 0.3) is 5.91 Å². The number of ether oxygens (including phenoxy) is 1. The zero-order valence-corrected chi connectivity index (χ0v) is 13.5. The zero-order chi connectivity index (χ0) is 15.7. The van der Waals surface area contributed by atoms with Gasteiger partial charge in [0.1, 0.15) is 5.69 Å². The van der Waals surface area contributed by atoms with Gasteiger partial charge in [0, 0.05) is 39.5 Å². The van der Waals surface area contributed by atoms with Gasteiger partial charge in [-0.3, -0.25) is 4.79 Å². The first-order chi connectivity index (χ1) is 10.1. The molecular formula is C15H26N4O2. The summed E-state index contributed by atoms with van der Waals surface area (Å²) < 4.78 is 4.95. The predicted molar refractivity (Wildman–Crippen MR) is 83.8 cm³/mol. The maximum Gasteiger partial charge on any atom is 0.270 e. The second kappa shape index (κ2) is 9.28. The molecule has 0 spiro atoms. The Balaban J connectivity index is 2.69. The van der Waals surface area contributed by atoms with Crippen molar-refractivity contribution in [2.75, 3.05) is 38.8 Å². The van der Waals surface area contributed by atoms with Crippen LogP contribution in [0.1, 0.15) is 42.4 Å². The number of aromatic nitrogens is 2. The van der Waals surface area contributed by atoms with E-state index < -0.39 is 0 Å². The molecule has 118 valence electrons. The molecule has 1 N–H and O–H groups in total. The molecule has 0 aliphatic rings. The van der Waals surface area contributed by atoms with Gasteiger partial charge in [0.2, 0.25) is 5.95 Å². The van der Waals surface area contributed by atoms with E-state index in [-0.39, 0.29) is 5.91 Å². The van der Waals surface area contributed by atoms with Crippen molar-refractivity contribution < 1.29 is 9.53 Å². The van der Waals surface area contributed by atoms with Crippen LogP contribution in [0.4, 0.5) is 5.95 Å². The minimum absolute atomic E-state index is 0.165. The van der Waals surface area contributed by atoms with E-state index in [9.17, 15) is 4.79 Å². The van der Waals surface area contributed by atoms with E-state index in [1.807, 2.05) is 18.9 Å². The lowest BCUT2D eigenvalue weighted by atomic mass is 10.3. The number of rotatable bonds is 9. The summed E-state index contributed by atoms with van der Waals surface area (Å²) in [6.07, 6.45) is 2.98. The molecule has 1 amide bonds. The molecule has 0 fully saturated rings. The topological polar surface area (TPSA) is 67.4 Å². The van der Waals surface area contributed by atoms with Gasteiger partial charge in [0.05, 0.1) is 0 Å². The molecule has 0 bridgehead atoms. The number of hydrogen-bond acceptors (Lipinski definition) is 5. The quantitative estimate of drug-likeness (QED) is 0.703. The Hall–Kier alpha value is -1.69. The molecular weight excluding hydrogens is 268 g/mol. The van der Waals surface area contributed by atoms with Crippen LogP contribution in [-0.4, -0.2) is 49.7 Å². The van der Waals surface area contributed by atoms with Crippen LogP contribution < -0.4 is 10.2 Å². The predicted octanol–water partition coefficient (Wildman–Crippen LogP) is 1.79. The fraction of sp³-hybridized carbons (Fsp3) is 0.667. The number of nitrogens with one attached hydrogen (secondary N) is 1. The van der Waals surface area contributed by atoms with Crippen LogP contribution in [-0.2, 0) is 4.74 Å². The fourth-order valence-corrected chi connectivity index (χ4v) is 1.84. The van der Waals surface area contributed by atoms with Gasteiger partial charge in [-0.2, -0.15) is 0 Å². The van der Waals surface area contributed by atoms with Crippen molar-refractivity contribution in [3.63, 3.8) is 0 Å². The summed E-state index contributed by atoms with van der Waals surface area (Å²) in [6.45, 7) is 6.12. The molecule has 0 aliphatic heterocycles. The highest BCUT2D eigenvalue weighted by Gasteiger charge is 2.12. The lowest BCUT2D eigenvalue weighted by Gasteiger charge is -2.17. The molecule has 6 heteroatoms. The minimum atomic E-state index is -0.165. The molecule has 0 unspecified atom stereocenters. The third-order valence-electron chi connectivity index (χ3n) is 3.07. The number of aryl methyl sites for hydroxylation is 1. The molecule has 1 rings (SSSR count). The van der Waals surface area contributed by atoms with Crippen molar-refractivity contribution in [2.45, 2.75) is 33.1 Å². The molecule has 1 aromatic rings. The van der Waals surface area contributed by atoms with E-state index >= 15 is 0 Å². The Labute approximate surface area is 126 Å². The van der Waals surface area contributed by atoms with E-state index in [0.717, 1.165) is 31.5 Å². The van der Waals surface area contributed by atoms with Crippen molar-refractivity contribution in [2.24, 2.45) is 0 Å². The SMILES string of the molecule is CCCCN(C)c1nc(C)cc(C(=O)NCCCOC)n1. The van der Waals surface area contributed by atoms with Gasteiger partial charge in [-0.25, -0.2) is 9.97 Å². The first-order valence-electron chi connectivity index (χ1n) is 7.42. The van der Waals surface area contributed by atoms with Crippen LogP contribution in [0.15, 0.2) is 6.07 Å². The number of amides is 1. The van der Waals surface area contributed by atoms with Crippen molar-refractivity contribution in [1.82, 2.24) is 15.3 Å². The largest absolute Gasteiger partial charge is 0.385 e. The zero-order valence-electron chi connectivity index (χ0n) is 13.5. The van der Waals surface area contributed by atoms with Crippen molar-refractivity contribution >= 4 is 11.9 Å². The summed E-state index contributed by atoms with van der Waals surface area (Å²) in [7, 11) is 3.60. The van der Waals surface area contributed by atoms with Gasteiger partial charge in [0.15, 0.2) is 0 Å². The second-order valence-corrected chi connectivity index (χ2v) is 5.07. The highest BCUT2D eigenvalue weighted by atomic mass is 16.5. The summed E-state index contributed by atoms with van der Waals surface area (Å²) >= 11 is 0. The summed E-state index contributed by atoms with van der Waals surface area (Å²) in [6, 6.07) is 1.71.